The standard InChI is InChI=1S/C4H12Si2.Zr/c1-5-4-6(2)3;/h6H,4H2,1-3H3;/q;+2. The van der Waals surface area contributed by atoms with Crippen molar-refractivity contribution in [3.8, 4) is 0 Å². The van der Waals surface area contributed by atoms with E-state index >= 15 is 0 Å². The number of hydrogen-bond donors (Lipinski definition) is 0. The molecule has 0 aliphatic rings. The molecule has 0 saturated carbocycles. The van der Waals surface area contributed by atoms with Gasteiger partial charge >= 0.3 is 62.9 Å². The first-order valence-corrected chi connectivity index (χ1v) is 11.7. The first kappa shape index (κ1) is 8.32. The molecule has 0 aromatic rings. The van der Waals surface area contributed by atoms with Gasteiger partial charge in [-0.05, 0) is 0 Å². The van der Waals surface area contributed by atoms with E-state index in [-0.39, 0.29) is 14.2 Å². The van der Waals surface area contributed by atoms with Crippen LogP contribution in [0.4, 0.5) is 0 Å². The fourth-order valence-electron chi connectivity index (χ4n) is 0.612. The van der Waals surface area contributed by atoms with Crippen molar-refractivity contribution < 1.29 is 23.3 Å². The molecule has 0 fully saturated rings. The van der Waals surface area contributed by atoms with Crippen LogP contribution in [-0.4, -0.2) is 14.2 Å². The average molecular weight is 208 g/mol. The van der Waals surface area contributed by atoms with Crippen LogP contribution in [0.1, 0.15) is 0 Å². The molecule has 0 atom stereocenters. The van der Waals surface area contributed by atoms with E-state index in [1.165, 1.54) is 0 Å². The van der Waals surface area contributed by atoms with Gasteiger partial charge < -0.3 is 0 Å². The van der Waals surface area contributed by atoms with Crippen LogP contribution in [0.25, 0.3) is 0 Å². The summed E-state index contributed by atoms with van der Waals surface area (Å²) in [6, 6.07) is 0. The minimum atomic E-state index is -0.161. The van der Waals surface area contributed by atoms with E-state index in [0.717, 1.165) is 0 Å². The summed E-state index contributed by atoms with van der Waals surface area (Å²) >= 11 is 1.82. The number of hydrogen-bond acceptors (Lipinski definition) is 0. The molecule has 0 heterocycles. The van der Waals surface area contributed by atoms with E-state index in [1.54, 1.807) is 5.67 Å². The van der Waals surface area contributed by atoms with Gasteiger partial charge in [-0.2, -0.15) is 0 Å². The molecule has 0 bridgehead atoms. The predicted molar refractivity (Wildman–Crippen MR) is 35.3 cm³/mol. The van der Waals surface area contributed by atoms with Crippen LogP contribution < -0.4 is 0 Å². The van der Waals surface area contributed by atoms with E-state index < -0.39 is 0 Å². The summed E-state index contributed by atoms with van der Waals surface area (Å²) in [6.07, 6.45) is 0. The first-order valence-electron chi connectivity index (χ1n) is 2.67. The molecule has 0 aromatic carbocycles. The number of rotatable bonds is 2. The Bertz CT molecular complexity index is 70.1. The van der Waals surface area contributed by atoms with Crippen molar-refractivity contribution in [1.82, 2.24) is 0 Å². The summed E-state index contributed by atoms with van der Waals surface area (Å²) in [4.78, 5) is 0. The van der Waals surface area contributed by atoms with Crippen LogP contribution in [0, 0.1) is 0 Å². The van der Waals surface area contributed by atoms with Crippen molar-refractivity contribution in [2.45, 2.75) is 25.3 Å². The molecule has 0 saturated heterocycles. The van der Waals surface area contributed by atoms with Gasteiger partial charge in [0, 0.05) is 0 Å². The van der Waals surface area contributed by atoms with E-state index in [0.29, 0.717) is 0 Å². The molecule has 0 aromatic heterocycles. The summed E-state index contributed by atoms with van der Waals surface area (Å²) in [7, 11) is -0.161. The van der Waals surface area contributed by atoms with Crippen LogP contribution in [0.15, 0.2) is 0 Å². The summed E-state index contributed by atoms with van der Waals surface area (Å²) in [6.45, 7) is 7.33. The average Bonchev–Trinajstić information content (AvgIpc) is 1.27. The van der Waals surface area contributed by atoms with Gasteiger partial charge in [0.15, 0.2) is 0 Å². The van der Waals surface area contributed by atoms with Gasteiger partial charge in [-0.25, -0.2) is 0 Å². The zero-order chi connectivity index (χ0) is 5.86. The van der Waals surface area contributed by atoms with Crippen molar-refractivity contribution in [3.63, 3.8) is 0 Å². The third-order valence-corrected chi connectivity index (χ3v) is 10.9. The Hall–Kier alpha value is 1.32. The van der Waals surface area contributed by atoms with Gasteiger partial charge in [0.1, 0.15) is 0 Å². The summed E-state index contributed by atoms with van der Waals surface area (Å²) in [5.74, 6) is 0. The third kappa shape index (κ3) is 7.32. The van der Waals surface area contributed by atoms with Crippen molar-refractivity contribution in [3.05, 3.63) is 0 Å². The van der Waals surface area contributed by atoms with E-state index in [1.807, 2.05) is 23.3 Å². The van der Waals surface area contributed by atoms with Gasteiger partial charge in [0.25, 0.3) is 0 Å². The predicted octanol–water partition coefficient (Wildman–Crippen LogP) is 1.18. The van der Waals surface area contributed by atoms with Gasteiger partial charge in [0.2, 0.25) is 0 Å². The quantitative estimate of drug-likeness (QED) is 0.597. The fourth-order valence-corrected chi connectivity index (χ4v) is 14.5. The zero-order valence-corrected chi connectivity index (χ0v) is 9.90. The molecular weight excluding hydrogens is 195 g/mol. The topological polar surface area (TPSA) is 0 Å². The van der Waals surface area contributed by atoms with Gasteiger partial charge in [-0.15, -0.1) is 0 Å². The van der Waals surface area contributed by atoms with Crippen LogP contribution in [0.2, 0.25) is 25.3 Å². The second kappa shape index (κ2) is 4.22. The van der Waals surface area contributed by atoms with Crippen LogP contribution in [-0.2, 0) is 23.3 Å². The Balaban J connectivity index is 3.13. The molecule has 0 aliphatic heterocycles. The maximum atomic E-state index is 2.44. The molecule has 38 valence electrons. The second-order valence-electron chi connectivity index (χ2n) is 2.38. The summed E-state index contributed by atoms with van der Waals surface area (Å²) < 4.78 is 0. The van der Waals surface area contributed by atoms with Crippen LogP contribution in [0.3, 0.4) is 0 Å². The normalized spacial score (nSPS) is 10.0. The van der Waals surface area contributed by atoms with Gasteiger partial charge in [0.05, 0.1) is 0 Å². The van der Waals surface area contributed by atoms with Crippen molar-refractivity contribution >= 4 is 14.2 Å². The van der Waals surface area contributed by atoms with E-state index in [9.17, 15) is 0 Å². The maximum absolute atomic E-state index is 2.44. The monoisotopic (exact) mass is 206 g/mol. The Labute approximate surface area is 62.7 Å². The summed E-state index contributed by atoms with van der Waals surface area (Å²) in [5.41, 5.74) is 1.86. The van der Waals surface area contributed by atoms with Crippen LogP contribution >= 0.6 is 0 Å². The molecule has 0 rings (SSSR count). The Morgan fingerprint density at radius 3 is 2.00 bits per heavy atom. The van der Waals surface area contributed by atoms with Crippen molar-refractivity contribution in [2.75, 3.05) is 0 Å². The van der Waals surface area contributed by atoms with Crippen molar-refractivity contribution in [2.24, 2.45) is 0 Å². The molecule has 0 aliphatic carbocycles. The summed E-state index contributed by atoms with van der Waals surface area (Å²) in [5, 5.41) is 0. The first-order chi connectivity index (χ1) is 3.13. The molecule has 0 spiro atoms. The molecule has 0 radical (unpaired) electrons. The van der Waals surface area contributed by atoms with E-state index in [4.69, 9.17) is 0 Å². The molecule has 0 N–H and O–H groups in total. The van der Waals surface area contributed by atoms with Crippen LogP contribution in [0.5, 0.6) is 0 Å². The zero-order valence-electron chi connectivity index (χ0n) is 5.28. The van der Waals surface area contributed by atoms with Gasteiger partial charge in [-0.3, -0.25) is 0 Å². The Morgan fingerprint density at radius 1 is 1.57 bits per heavy atom. The second-order valence-corrected chi connectivity index (χ2v) is 14.7. The third-order valence-electron chi connectivity index (χ3n) is 0.714. The molecular formula is C4H12Si2Zr+2. The molecule has 0 amide bonds. The SMILES string of the molecule is C[Si](=[Zr+2])C[SiH](C)C. The molecule has 7 heavy (non-hydrogen) atoms. The minimum absolute atomic E-state index is 0.161. The van der Waals surface area contributed by atoms with Gasteiger partial charge in [-0.1, -0.05) is 0 Å². The molecule has 0 unspecified atom stereocenters. The van der Waals surface area contributed by atoms with Crippen molar-refractivity contribution in [1.29, 1.82) is 0 Å². The fraction of sp³-hybridized carbons (Fsp3) is 1.00. The molecule has 0 nitrogen and oxygen atoms in total. The Morgan fingerprint density at radius 2 is 2.00 bits per heavy atom. The Kier molecular flexibility index (Phi) is 5.02. The molecule has 3 heteroatoms. The van der Waals surface area contributed by atoms with E-state index in [2.05, 4.69) is 19.6 Å².